The van der Waals surface area contributed by atoms with Crippen LogP contribution in [0.25, 0.3) is 10.9 Å². The van der Waals surface area contributed by atoms with E-state index in [0.717, 1.165) is 41.1 Å². The first-order chi connectivity index (χ1) is 15.2. The predicted molar refractivity (Wildman–Crippen MR) is 120 cm³/mol. The molecule has 0 spiro atoms. The van der Waals surface area contributed by atoms with Crippen molar-refractivity contribution in [3.63, 3.8) is 0 Å². The third-order valence-corrected chi connectivity index (χ3v) is 5.59. The van der Waals surface area contributed by atoms with Crippen molar-refractivity contribution in [3.8, 4) is 11.5 Å². The summed E-state index contributed by atoms with van der Waals surface area (Å²) in [6.45, 7) is 6.12. The van der Waals surface area contributed by atoms with Crippen molar-refractivity contribution in [2.24, 2.45) is 0 Å². The number of hydrogen-bond donors (Lipinski definition) is 2. The number of carbonyl (C=O) groups excluding carboxylic acids is 1. The van der Waals surface area contributed by atoms with E-state index in [9.17, 15) is 4.79 Å². The number of methoxy groups -OCH3 is 1. The lowest BCUT2D eigenvalue weighted by Crippen LogP contribution is -2.43. The fraction of sp³-hybridized carbons (Fsp3) is 0.375. The molecule has 164 valence electrons. The van der Waals surface area contributed by atoms with Crippen molar-refractivity contribution in [2.45, 2.75) is 13.0 Å². The second-order valence-electron chi connectivity index (χ2n) is 7.51. The van der Waals surface area contributed by atoms with E-state index in [1.165, 1.54) is 0 Å². The molecule has 1 fully saturated rings. The molecular formula is C24H29N3O4. The molecule has 1 atom stereocenters. The zero-order valence-electron chi connectivity index (χ0n) is 18.0. The number of hydrogen-bond acceptors (Lipinski definition) is 5. The number of fused-ring (bicyclic) bond motifs is 1. The summed E-state index contributed by atoms with van der Waals surface area (Å²) in [6, 6.07) is 15.8. The first-order valence-electron chi connectivity index (χ1n) is 10.7. The predicted octanol–water partition coefficient (Wildman–Crippen LogP) is 3.38. The van der Waals surface area contributed by atoms with E-state index in [-0.39, 0.29) is 11.9 Å². The molecule has 2 aromatic carbocycles. The quantitative estimate of drug-likeness (QED) is 0.581. The maximum atomic E-state index is 12.9. The molecule has 0 aliphatic carbocycles. The zero-order valence-corrected chi connectivity index (χ0v) is 18.0. The highest BCUT2D eigenvalue weighted by Gasteiger charge is 2.24. The molecule has 0 bridgehead atoms. The van der Waals surface area contributed by atoms with E-state index in [4.69, 9.17) is 14.2 Å². The molecule has 3 aromatic rings. The molecule has 1 unspecified atom stereocenters. The second kappa shape index (κ2) is 9.85. The largest absolute Gasteiger partial charge is 0.497 e. The van der Waals surface area contributed by atoms with Gasteiger partial charge in [0.05, 0.1) is 33.0 Å². The van der Waals surface area contributed by atoms with Gasteiger partial charge in [-0.25, -0.2) is 0 Å². The molecule has 7 heteroatoms. The van der Waals surface area contributed by atoms with E-state index in [1.54, 1.807) is 7.11 Å². The normalized spacial score (nSPS) is 15.5. The van der Waals surface area contributed by atoms with Crippen molar-refractivity contribution >= 4 is 16.8 Å². The fourth-order valence-corrected chi connectivity index (χ4v) is 3.94. The van der Waals surface area contributed by atoms with E-state index < -0.39 is 0 Å². The Morgan fingerprint density at radius 1 is 1.13 bits per heavy atom. The monoisotopic (exact) mass is 423 g/mol. The number of H-pyrrole nitrogens is 1. The Hall–Kier alpha value is -3.03. The standard InChI is InChI=1S/C24H29N3O4/c1-3-31-20-9-6-18-14-22(26-21(18)15-20)24(28)25-16-23(27-10-12-30-13-11-27)17-4-7-19(29-2)8-5-17/h4-9,14-15,23,26H,3,10-13,16H2,1-2H3,(H,25,28). The number of nitrogens with one attached hydrogen (secondary N) is 2. The summed E-state index contributed by atoms with van der Waals surface area (Å²) in [4.78, 5) is 18.5. The molecule has 1 amide bonds. The van der Waals surface area contributed by atoms with Crippen LogP contribution in [0.4, 0.5) is 0 Å². The number of benzene rings is 2. The smallest absolute Gasteiger partial charge is 0.267 e. The van der Waals surface area contributed by atoms with E-state index >= 15 is 0 Å². The lowest BCUT2D eigenvalue weighted by atomic mass is 10.0. The van der Waals surface area contributed by atoms with Crippen molar-refractivity contribution in [1.82, 2.24) is 15.2 Å². The fourth-order valence-electron chi connectivity index (χ4n) is 3.94. The van der Waals surface area contributed by atoms with Gasteiger partial charge in [0, 0.05) is 36.6 Å². The Kier molecular flexibility index (Phi) is 6.74. The van der Waals surface area contributed by atoms with Crippen molar-refractivity contribution in [1.29, 1.82) is 0 Å². The number of nitrogens with zero attached hydrogens (tertiary/aromatic N) is 1. The summed E-state index contributed by atoms with van der Waals surface area (Å²) < 4.78 is 16.4. The maximum Gasteiger partial charge on any atom is 0.267 e. The van der Waals surface area contributed by atoms with Gasteiger partial charge in [0.2, 0.25) is 0 Å². The van der Waals surface area contributed by atoms with E-state index in [2.05, 4.69) is 27.3 Å². The highest BCUT2D eigenvalue weighted by atomic mass is 16.5. The molecule has 4 rings (SSSR count). The molecule has 0 saturated carbocycles. The molecule has 1 aliphatic heterocycles. The van der Waals surface area contributed by atoms with Crippen LogP contribution in [0.15, 0.2) is 48.5 Å². The van der Waals surface area contributed by atoms with Crippen LogP contribution in [0.1, 0.15) is 29.0 Å². The minimum atomic E-state index is -0.124. The second-order valence-corrected chi connectivity index (χ2v) is 7.51. The summed E-state index contributed by atoms with van der Waals surface area (Å²) in [5.74, 6) is 1.48. The number of carbonyl (C=O) groups is 1. The number of ether oxygens (including phenoxy) is 3. The molecule has 0 radical (unpaired) electrons. The van der Waals surface area contributed by atoms with Crippen LogP contribution in [0, 0.1) is 0 Å². The number of aromatic amines is 1. The molecule has 7 nitrogen and oxygen atoms in total. The average molecular weight is 424 g/mol. The summed E-state index contributed by atoms with van der Waals surface area (Å²) >= 11 is 0. The van der Waals surface area contributed by atoms with Gasteiger partial charge >= 0.3 is 0 Å². The highest BCUT2D eigenvalue weighted by molar-refractivity contribution is 5.98. The maximum absolute atomic E-state index is 12.9. The van der Waals surface area contributed by atoms with Gasteiger partial charge in [-0.1, -0.05) is 12.1 Å². The van der Waals surface area contributed by atoms with Crippen molar-refractivity contribution < 1.29 is 19.0 Å². The number of amides is 1. The van der Waals surface area contributed by atoms with Gasteiger partial charge in [-0.2, -0.15) is 0 Å². The van der Waals surface area contributed by atoms with E-state index in [1.807, 2.05) is 43.3 Å². The van der Waals surface area contributed by atoms with Gasteiger partial charge in [0.15, 0.2) is 0 Å². The van der Waals surface area contributed by atoms with Crippen molar-refractivity contribution in [3.05, 3.63) is 59.8 Å². The van der Waals surface area contributed by atoms with Crippen molar-refractivity contribution in [2.75, 3.05) is 46.6 Å². The van der Waals surface area contributed by atoms with Crippen LogP contribution in [-0.2, 0) is 4.74 Å². The summed E-state index contributed by atoms with van der Waals surface area (Å²) in [7, 11) is 1.66. The minimum absolute atomic E-state index is 0.0627. The van der Waals surface area contributed by atoms with Gasteiger partial charge in [0.25, 0.3) is 5.91 Å². The van der Waals surface area contributed by atoms with Gasteiger partial charge in [-0.3, -0.25) is 9.69 Å². The van der Waals surface area contributed by atoms with Gasteiger partial charge < -0.3 is 24.5 Å². The van der Waals surface area contributed by atoms with Crippen LogP contribution in [0.5, 0.6) is 11.5 Å². The third kappa shape index (κ3) is 5.00. The summed E-state index contributed by atoms with van der Waals surface area (Å²) in [5, 5.41) is 4.09. The van der Waals surface area contributed by atoms with Crippen LogP contribution in [0.3, 0.4) is 0 Å². The minimum Gasteiger partial charge on any atom is -0.497 e. The Morgan fingerprint density at radius 3 is 2.58 bits per heavy atom. The lowest BCUT2D eigenvalue weighted by molar-refractivity contribution is 0.0162. The van der Waals surface area contributed by atoms with Gasteiger partial charge in [0.1, 0.15) is 17.2 Å². The molecular weight excluding hydrogens is 394 g/mol. The first kappa shape index (κ1) is 21.2. The van der Waals surface area contributed by atoms with Crippen LogP contribution in [0.2, 0.25) is 0 Å². The summed E-state index contributed by atoms with van der Waals surface area (Å²) in [6.07, 6.45) is 0. The van der Waals surface area contributed by atoms with Gasteiger partial charge in [-0.15, -0.1) is 0 Å². The molecule has 1 aromatic heterocycles. The molecule has 2 N–H and O–H groups in total. The van der Waals surface area contributed by atoms with Crippen LogP contribution in [-0.4, -0.2) is 62.4 Å². The zero-order chi connectivity index (χ0) is 21.6. The topological polar surface area (TPSA) is 75.8 Å². The lowest BCUT2D eigenvalue weighted by Gasteiger charge is -2.35. The highest BCUT2D eigenvalue weighted by Crippen LogP contribution is 2.25. The molecule has 1 aliphatic rings. The van der Waals surface area contributed by atoms with Crippen LogP contribution < -0.4 is 14.8 Å². The molecule has 1 saturated heterocycles. The SMILES string of the molecule is CCOc1ccc2cc(C(=O)NCC(c3ccc(OC)cc3)N3CCOCC3)[nH]c2c1. The Balaban J connectivity index is 1.49. The number of aromatic nitrogens is 1. The Labute approximate surface area is 182 Å². The number of morpholine rings is 1. The third-order valence-electron chi connectivity index (χ3n) is 5.59. The van der Waals surface area contributed by atoms with Crippen LogP contribution >= 0.6 is 0 Å². The number of rotatable bonds is 8. The average Bonchev–Trinajstić information content (AvgIpc) is 3.24. The van der Waals surface area contributed by atoms with Gasteiger partial charge in [-0.05, 0) is 42.8 Å². The molecule has 2 heterocycles. The Bertz CT molecular complexity index is 1010. The first-order valence-corrected chi connectivity index (χ1v) is 10.7. The Morgan fingerprint density at radius 2 is 1.87 bits per heavy atom. The summed E-state index contributed by atoms with van der Waals surface area (Å²) in [5.41, 5.74) is 2.57. The van der Waals surface area contributed by atoms with E-state index in [0.29, 0.717) is 32.1 Å². The molecule has 31 heavy (non-hydrogen) atoms.